The summed E-state index contributed by atoms with van der Waals surface area (Å²) in [4.78, 5) is 0. The Labute approximate surface area is 184 Å². The molecule has 2 aliphatic rings. The van der Waals surface area contributed by atoms with Crippen molar-refractivity contribution in [2.24, 2.45) is 0 Å². The van der Waals surface area contributed by atoms with E-state index in [0.717, 1.165) is 12.8 Å². The van der Waals surface area contributed by atoms with Crippen LogP contribution < -0.4 is 0 Å². The summed E-state index contributed by atoms with van der Waals surface area (Å²) in [6.45, 7) is 0. The second kappa shape index (κ2) is 7.25. The van der Waals surface area contributed by atoms with E-state index in [-0.39, 0.29) is 5.41 Å². The second-order valence-electron chi connectivity index (χ2n) is 8.43. The van der Waals surface area contributed by atoms with Crippen molar-refractivity contribution in [1.29, 1.82) is 0 Å². The summed E-state index contributed by atoms with van der Waals surface area (Å²) in [5.41, 5.74) is 10.5. The van der Waals surface area contributed by atoms with Crippen LogP contribution in [-0.2, 0) is 5.41 Å². The molecule has 0 spiro atoms. The fourth-order valence-electron chi connectivity index (χ4n) is 5.46. The fourth-order valence-corrected chi connectivity index (χ4v) is 5.46. The van der Waals surface area contributed by atoms with Crippen molar-refractivity contribution in [3.05, 3.63) is 144 Å². The zero-order valence-electron chi connectivity index (χ0n) is 17.5. The molecule has 0 saturated carbocycles. The molecule has 0 amide bonds. The van der Waals surface area contributed by atoms with Crippen LogP contribution in [-0.4, -0.2) is 0 Å². The maximum atomic E-state index is 2.45. The molecule has 4 aromatic rings. The number of hydrogen-bond donors (Lipinski definition) is 0. The predicted molar refractivity (Wildman–Crippen MR) is 130 cm³/mol. The average Bonchev–Trinajstić information content (AvgIpc) is 3.16. The minimum atomic E-state index is -0.265. The van der Waals surface area contributed by atoms with Gasteiger partial charge in [-0.3, -0.25) is 0 Å². The van der Waals surface area contributed by atoms with E-state index in [1.54, 1.807) is 0 Å². The van der Waals surface area contributed by atoms with Gasteiger partial charge >= 0.3 is 0 Å². The van der Waals surface area contributed by atoms with E-state index in [1.807, 2.05) is 0 Å². The van der Waals surface area contributed by atoms with Gasteiger partial charge in [0.15, 0.2) is 0 Å². The van der Waals surface area contributed by atoms with Crippen molar-refractivity contribution in [2.75, 3.05) is 0 Å². The summed E-state index contributed by atoms with van der Waals surface area (Å²) in [5.74, 6) is 0. The van der Waals surface area contributed by atoms with Crippen molar-refractivity contribution in [3.8, 4) is 22.3 Å². The first-order chi connectivity index (χ1) is 15.4. The summed E-state index contributed by atoms with van der Waals surface area (Å²) >= 11 is 0. The normalized spacial score (nSPS) is 18.9. The minimum Gasteiger partial charge on any atom is -0.0839 e. The molecule has 31 heavy (non-hydrogen) atoms. The first-order valence-electron chi connectivity index (χ1n) is 11.1. The van der Waals surface area contributed by atoms with Gasteiger partial charge in [-0.1, -0.05) is 115 Å². The number of hydrogen-bond acceptors (Lipinski definition) is 0. The number of fused-ring (bicyclic) bond motifs is 3. The standard InChI is InChI=1S/C31H24/c1-4-12-23(13-5-1)24-20-21-30-28(22-24)27-18-10-11-19-29(27)31(30,25-14-6-2-7-15-25)26-16-8-3-9-17-26/h1-2,4-8,10-22H,3,9H2. The van der Waals surface area contributed by atoms with Gasteiger partial charge < -0.3 is 0 Å². The van der Waals surface area contributed by atoms with E-state index in [9.17, 15) is 0 Å². The minimum absolute atomic E-state index is 0.265. The first-order valence-corrected chi connectivity index (χ1v) is 11.1. The maximum absolute atomic E-state index is 2.45. The van der Waals surface area contributed by atoms with Crippen LogP contribution in [0.2, 0.25) is 0 Å². The molecule has 4 aromatic carbocycles. The Kier molecular flexibility index (Phi) is 4.25. The van der Waals surface area contributed by atoms with Crippen molar-refractivity contribution >= 4 is 0 Å². The molecular weight excluding hydrogens is 372 g/mol. The molecule has 0 heterocycles. The highest BCUT2D eigenvalue weighted by atomic mass is 14.5. The lowest BCUT2D eigenvalue weighted by molar-refractivity contribution is 0.751. The highest BCUT2D eigenvalue weighted by molar-refractivity contribution is 5.89. The molecule has 0 bridgehead atoms. The van der Waals surface area contributed by atoms with Crippen LogP contribution in [0.1, 0.15) is 29.5 Å². The average molecular weight is 397 g/mol. The highest BCUT2D eigenvalue weighted by Crippen LogP contribution is 2.57. The molecule has 0 heteroatoms. The predicted octanol–water partition coefficient (Wildman–Crippen LogP) is 7.94. The molecule has 0 N–H and O–H groups in total. The van der Waals surface area contributed by atoms with Gasteiger partial charge in [-0.25, -0.2) is 0 Å². The van der Waals surface area contributed by atoms with E-state index < -0.39 is 0 Å². The monoisotopic (exact) mass is 396 g/mol. The molecular formula is C31H24. The van der Waals surface area contributed by atoms with Gasteiger partial charge in [0.2, 0.25) is 0 Å². The number of rotatable bonds is 3. The molecule has 0 saturated heterocycles. The van der Waals surface area contributed by atoms with Crippen LogP contribution in [0.5, 0.6) is 0 Å². The molecule has 0 fully saturated rings. The van der Waals surface area contributed by atoms with Crippen LogP contribution in [0.3, 0.4) is 0 Å². The topological polar surface area (TPSA) is 0 Å². The summed E-state index contributed by atoms with van der Waals surface area (Å²) in [7, 11) is 0. The molecule has 6 rings (SSSR count). The van der Waals surface area contributed by atoms with Gasteiger partial charge in [0, 0.05) is 0 Å². The Balaban J connectivity index is 1.69. The quantitative estimate of drug-likeness (QED) is 0.330. The van der Waals surface area contributed by atoms with E-state index in [0.29, 0.717) is 0 Å². The molecule has 1 atom stereocenters. The Morgan fingerprint density at radius 2 is 1.26 bits per heavy atom. The van der Waals surface area contributed by atoms with Gasteiger partial charge in [-0.05, 0) is 63.4 Å². The zero-order valence-corrected chi connectivity index (χ0v) is 17.5. The van der Waals surface area contributed by atoms with Crippen molar-refractivity contribution in [3.63, 3.8) is 0 Å². The number of allylic oxidation sites excluding steroid dienone is 4. The van der Waals surface area contributed by atoms with Crippen molar-refractivity contribution in [1.82, 2.24) is 0 Å². The third kappa shape index (κ3) is 2.68. The Morgan fingerprint density at radius 1 is 0.548 bits per heavy atom. The second-order valence-corrected chi connectivity index (χ2v) is 8.43. The molecule has 2 aliphatic carbocycles. The van der Waals surface area contributed by atoms with E-state index in [1.165, 1.54) is 44.5 Å². The molecule has 0 nitrogen and oxygen atoms in total. The van der Waals surface area contributed by atoms with Gasteiger partial charge in [0.1, 0.15) is 0 Å². The van der Waals surface area contributed by atoms with Crippen LogP contribution >= 0.6 is 0 Å². The highest BCUT2D eigenvalue weighted by Gasteiger charge is 2.46. The van der Waals surface area contributed by atoms with Crippen molar-refractivity contribution in [2.45, 2.75) is 18.3 Å². The largest absolute Gasteiger partial charge is 0.0839 e. The van der Waals surface area contributed by atoms with Crippen LogP contribution in [0, 0.1) is 0 Å². The molecule has 0 aromatic heterocycles. The Morgan fingerprint density at radius 3 is 2.03 bits per heavy atom. The summed E-state index contributed by atoms with van der Waals surface area (Å²) in [6.07, 6.45) is 9.35. The van der Waals surface area contributed by atoms with Gasteiger partial charge in [-0.15, -0.1) is 0 Å². The number of benzene rings is 4. The molecule has 0 aliphatic heterocycles. The molecule has 1 unspecified atom stereocenters. The Bertz CT molecular complexity index is 1310. The third-order valence-electron chi connectivity index (χ3n) is 6.79. The van der Waals surface area contributed by atoms with E-state index in [4.69, 9.17) is 0 Å². The lowest BCUT2D eigenvalue weighted by Crippen LogP contribution is -2.29. The SMILES string of the molecule is C1=CC(C2(c3ccccc3)c3ccccc3-c3cc(-c4ccccc4)ccc32)=CCC1. The lowest BCUT2D eigenvalue weighted by atomic mass is 9.66. The van der Waals surface area contributed by atoms with E-state index >= 15 is 0 Å². The van der Waals surface area contributed by atoms with Crippen LogP contribution in [0.4, 0.5) is 0 Å². The molecule has 0 radical (unpaired) electrons. The van der Waals surface area contributed by atoms with Crippen molar-refractivity contribution < 1.29 is 0 Å². The van der Waals surface area contributed by atoms with Gasteiger partial charge in [0.25, 0.3) is 0 Å². The van der Waals surface area contributed by atoms with Gasteiger partial charge in [-0.2, -0.15) is 0 Å². The van der Waals surface area contributed by atoms with Crippen LogP contribution in [0.25, 0.3) is 22.3 Å². The third-order valence-corrected chi connectivity index (χ3v) is 6.79. The molecule has 148 valence electrons. The van der Waals surface area contributed by atoms with Crippen LogP contribution in [0.15, 0.2) is 127 Å². The van der Waals surface area contributed by atoms with Gasteiger partial charge in [0.05, 0.1) is 5.41 Å². The Hall–Kier alpha value is -3.64. The summed E-state index contributed by atoms with van der Waals surface area (Å²) in [6, 6.07) is 37.8. The summed E-state index contributed by atoms with van der Waals surface area (Å²) in [5, 5.41) is 0. The summed E-state index contributed by atoms with van der Waals surface area (Å²) < 4.78 is 0. The van der Waals surface area contributed by atoms with E-state index in [2.05, 4.69) is 121 Å². The first kappa shape index (κ1) is 18.2. The maximum Gasteiger partial charge on any atom is 0.0710 e. The smallest absolute Gasteiger partial charge is 0.0710 e. The fraction of sp³-hybridized carbons (Fsp3) is 0.0968. The lowest BCUT2D eigenvalue weighted by Gasteiger charge is -2.35. The zero-order chi connectivity index (χ0) is 20.7.